The molecule has 0 bridgehead atoms. The quantitative estimate of drug-likeness (QED) is 0.0909. The third-order valence-corrected chi connectivity index (χ3v) is 5.81. The van der Waals surface area contributed by atoms with E-state index in [1.807, 2.05) is 49.4 Å². The lowest BCUT2D eigenvalue weighted by molar-refractivity contribution is -0.152. The Labute approximate surface area is 202 Å². The number of azide groups is 1. The van der Waals surface area contributed by atoms with Gasteiger partial charge in [0, 0.05) is 29.1 Å². The first-order valence-corrected chi connectivity index (χ1v) is 12.4. The summed E-state index contributed by atoms with van der Waals surface area (Å²) in [5.74, 6) is 0.0630. The van der Waals surface area contributed by atoms with Crippen molar-refractivity contribution in [3.63, 3.8) is 0 Å². The number of nitrogens with one attached hydrogen (secondary N) is 1. The molecule has 0 aliphatic carbocycles. The van der Waals surface area contributed by atoms with Gasteiger partial charge in [-0.2, -0.15) is 0 Å². The fourth-order valence-corrected chi connectivity index (χ4v) is 4.04. The number of carbonyl (C=O) groups excluding carboxylic acids is 1. The highest BCUT2D eigenvalue weighted by Gasteiger charge is 2.40. The summed E-state index contributed by atoms with van der Waals surface area (Å²) in [5, 5.41) is 3.49. The molecule has 0 aromatic heterocycles. The van der Waals surface area contributed by atoms with Crippen molar-refractivity contribution in [2.24, 2.45) is 5.11 Å². The zero-order valence-corrected chi connectivity index (χ0v) is 20.2. The average Bonchev–Trinajstić information content (AvgIpc) is 2.84. The highest BCUT2D eigenvalue weighted by atomic mass is 32.2. The minimum absolute atomic E-state index is 0.0627. The lowest BCUT2D eigenvalue weighted by Crippen LogP contribution is -2.55. The predicted octanol–water partition coefficient (Wildman–Crippen LogP) is 4.75. The summed E-state index contributed by atoms with van der Waals surface area (Å²) in [6.45, 7) is 2.97. The van der Waals surface area contributed by atoms with Crippen LogP contribution in [0.25, 0.3) is 10.4 Å². The first-order chi connectivity index (χ1) is 16.5. The number of nitrogens with zero attached hydrogens (tertiary/aromatic N) is 3. The third-order valence-electron chi connectivity index (χ3n) is 5.25. The summed E-state index contributed by atoms with van der Waals surface area (Å²) in [5.41, 5.74) is 8.48. The van der Waals surface area contributed by atoms with E-state index in [0.717, 1.165) is 30.4 Å². The third kappa shape index (κ3) is 9.52. The predicted molar refractivity (Wildman–Crippen MR) is 129 cm³/mol. The van der Waals surface area contributed by atoms with Crippen LogP contribution in [0.15, 0.2) is 59.7 Å². The number of hydrogen-bond donors (Lipinski definition) is 1. The van der Waals surface area contributed by atoms with Crippen LogP contribution in [0, 0.1) is 0 Å². The fourth-order valence-electron chi connectivity index (χ4n) is 3.46. The minimum Gasteiger partial charge on any atom is -0.760 e. The Bertz CT molecular complexity index is 952. The van der Waals surface area contributed by atoms with Gasteiger partial charge in [-0.15, -0.1) is 0 Å². The topological polar surface area (TPSA) is 136 Å². The Balaban J connectivity index is 2.09. The SMILES string of the molecule is CCCC[C@](Cc1ccc(OCCCCN=[N+]=[N-])cc1)(NS(=O)[O-])C(=O)OCc1ccccc1. The number of esters is 1. The van der Waals surface area contributed by atoms with Crippen molar-refractivity contribution < 1.29 is 23.0 Å². The Kier molecular flexibility index (Phi) is 12.1. The van der Waals surface area contributed by atoms with E-state index in [9.17, 15) is 13.6 Å². The molecular formula is C24H31N4O5S-. The summed E-state index contributed by atoms with van der Waals surface area (Å²) >= 11 is -2.65. The van der Waals surface area contributed by atoms with Crippen LogP contribution in [0.4, 0.5) is 0 Å². The Morgan fingerprint density at radius 3 is 2.50 bits per heavy atom. The first-order valence-electron chi connectivity index (χ1n) is 11.3. The highest BCUT2D eigenvalue weighted by molar-refractivity contribution is 7.77. The maximum absolute atomic E-state index is 13.2. The van der Waals surface area contributed by atoms with Crippen molar-refractivity contribution in [1.29, 1.82) is 0 Å². The van der Waals surface area contributed by atoms with Crippen LogP contribution < -0.4 is 9.46 Å². The molecule has 0 aliphatic rings. The number of benzene rings is 2. The van der Waals surface area contributed by atoms with E-state index in [1.54, 1.807) is 12.1 Å². The van der Waals surface area contributed by atoms with Gasteiger partial charge < -0.3 is 14.0 Å². The van der Waals surface area contributed by atoms with Crippen molar-refractivity contribution >= 4 is 17.2 Å². The maximum Gasteiger partial charge on any atom is 0.327 e. The van der Waals surface area contributed by atoms with E-state index in [2.05, 4.69) is 14.7 Å². The van der Waals surface area contributed by atoms with Crippen LogP contribution in [-0.2, 0) is 33.8 Å². The van der Waals surface area contributed by atoms with Crippen molar-refractivity contribution in [2.45, 2.75) is 57.6 Å². The second-order valence-corrected chi connectivity index (χ2v) is 8.59. The summed E-state index contributed by atoms with van der Waals surface area (Å²) in [6, 6.07) is 16.5. The average molecular weight is 488 g/mol. The Hall–Kier alpha value is -2.91. The largest absolute Gasteiger partial charge is 0.760 e. The lowest BCUT2D eigenvalue weighted by Gasteiger charge is -2.33. The molecule has 0 aliphatic heterocycles. The smallest absolute Gasteiger partial charge is 0.327 e. The molecule has 1 unspecified atom stereocenters. The van der Waals surface area contributed by atoms with Crippen LogP contribution in [0.5, 0.6) is 5.75 Å². The Morgan fingerprint density at radius 1 is 1.12 bits per heavy atom. The molecule has 9 nitrogen and oxygen atoms in total. The fraction of sp³-hybridized carbons (Fsp3) is 0.458. The van der Waals surface area contributed by atoms with Gasteiger partial charge in [0.15, 0.2) is 0 Å². The molecule has 2 aromatic rings. The molecule has 0 radical (unpaired) electrons. The van der Waals surface area contributed by atoms with Crippen LogP contribution in [0.2, 0.25) is 0 Å². The van der Waals surface area contributed by atoms with Crippen LogP contribution in [0.1, 0.15) is 50.2 Å². The van der Waals surface area contributed by atoms with Gasteiger partial charge in [0.05, 0.1) is 6.61 Å². The maximum atomic E-state index is 13.2. The Morgan fingerprint density at radius 2 is 1.85 bits per heavy atom. The van der Waals surface area contributed by atoms with Gasteiger partial charge in [-0.25, -0.2) is 9.52 Å². The molecule has 0 saturated heterocycles. The van der Waals surface area contributed by atoms with E-state index in [4.69, 9.17) is 15.0 Å². The molecule has 2 aromatic carbocycles. The standard InChI is InChI=1S/C24H32N4O5S/c1-2-3-15-24(27-34(30)31,23(29)33-19-21-9-5-4-6-10-21)18-20-11-13-22(14-12-20)32-17-8-7-16-26-28-25/h4-6,9-14,27H,2-3,7-8,15-19H2,1H3,(H,30,31)/p-1/t24-/m1/s1. The molecule has 0 heterocycles. The zero-order chi connectivity index (χ0) is 24.7. The normalized spacial score (nSPS) is 13.4. The van der Waals surface area contributed by atoms with Gasteiger partial charge >= 0.3 is 5.97 Å². The van der Waals surface area contributed by atoms with Crippen molar-refractivity contribution in [3.8, 4) is 5.75 Å². The van der Waals surface area contributed by atoms with E-state index < -0.39 is 22.8 Å². The molecule has 2 atom stereocenters. The minimum atomic E-state index is -2.65. The van der Waals surface area contributed by atoms with Gasteiger partial charge in [-0.1, -0.05) is 67.3 Å². The van der Waals surface area contributed by atoms with E-state index in [0.29, 0.717) is 31.7 Å². The number of ether oxygens (including phenoxy) is 2. The molecule has 2 rings (SSSR count). The van der Waals surface area contributed by atoms with E-state index in [1.165, 1.54) is 0 Å². The van der Waals surface area contributed by atoms with Gasteiger partial charge in [0.25, 0.3) is 0 Å². The van der Waals surface area contributed by atoms with Crippen LogP contribution in [-0.4, -0.2) is 33.4 Å². The molecule has 34 heavy (non-hydrogen) atoms. The molecule has 0 spiro atoms. The molecular weight excluding hydrogens is 456 g/mol. The number of rotatable bonds is 16. The second-order valence-electron chi connectivity index (χ2n) is 7.91. The van der Waals surface area contributed by atoms with Crippen LogP contribution >= 0.6 is 0 Å². The summed E-state index contributed by atoms with van der Waals surface area (Å²) < 4.78 is 37.0. The van der Waals surface area contributed by atoms with Crippen molar-refractivity contribution in [1.82, 2.24) is 4.72 Å². The van der Waals surface area contributed by atoms with E-state index >= 15 is 0 Å². The van der Waals surface area contributed by atoms with Crippen molar-refractivity contribution in [2.75, 3.05) is 13.2 Å². The molecule has 0 fully saturated rings. The van der Waals surface area contributed by atoms with Gasteiger partial charge in [0.2, 0.25) is 0 Å². The molecule has 0 saturated carbocycles. The number of hydrogen-bond acceptors (Lipinski definition) is 6. The highest BCUT2D eigenvalue weighted by Crippen LogP contribution is 2.25. The summed E-state index contributed by atoms with van der Waals surface area (Å²) in [6.07, 6.45) is 3.42. The first kappa shape index (κ1) is 27.3. The zero-order valence-electron chi connectivity index (χ0n) is 19.4. The van der Waals surface area contributed by atoms with Crippen LogP contribution in [0.3, 0.4) is 0 Å². The van der Waals surface area contributed by atoms with E-state index in [-0.39, 0.29) is 13.0 Å². The number of unbranched alkanes of at least 4 members (excludes halogenated alkanes) is 2. The summed E-state index contributed by atoms with van der Waals surface area (Å²) in [7, 11) is 0. The van der Waals surface area contributed by atoms with Gasteiger partial charge in [-0.3, -0.25) is 4.21 Å². The molecule has 1 N–H and O–H groups in total. The molecule has 184 valence electrons. The molecule has 10 heteroatoms. The monoisotopic (exact) mass is 487 g/mol. The summed E-state index contributed by atoms with van der Waals surface area (Å²) in [4.78, 5) is 15.9. The van der Waals surface area contributed by atoms with Crippen molar-refractivity contribution in [3.05, 3.63) is 76.2 Å². The molecule has 0 amide bonds. The number of carbonyl (C=O) groups is 1. The lowest BCUT2D eigenvalue weighted by atomic mass is 9.86. The van der Waals surface area contributed by atoms with Gasteiger partial charge in [0.1, 0.15) is 17.9 Å². The van der Waals surface area contributed by atoms with Gasteiger partial charge in [-0.05, 0) is 48.1 Å². The second kappa shape index (κ2) is 15.1.